The summed E-state index contributed by atoms with van der Waals surface area (Å²) >= 11 is 0. The Labute approximate surface area is 291 Å². The molecule has 2 N–H and O–H groups in total. The van der Waals surface area contributed by atoms with Crippen molar-refractivity contribution in [2.45, 2.75) is 88.8 Å². The predicted octanol–water partition coefficient (Wildman–Crippen LogP) is 5.56. The van der Waals surface area contributed by atoms with Crippen molar-refractivity contribution in [3.05, 3.63) is 60.4 Å². The van der Waals surface area contributed by atoms with Gasteiger partial charge >= 0.3 is 0 Å². The molecule has 50 heavy (non-hydrogen) atoms. The van der Waals surface area contributed by atoms with Crippen molar-refractivity contribution in [1.82, 2.24) is 29.3 Å². The van der Waals surface area contributed by atoms with E-state index < -0.39 is 11.2 Å². The lowest BCUT2D eigenvalue weighted by molar-refractivity contribution is -0.136. The van der Waals surface area contributed by atoms with Gasteiger partial charge in [-0.25, -0.2) is 14.4 Å². The molecule has 0 radical (unpaired) electrons. The summed E-state index contributed by atoms with van der Waals surface area (Å²) in [4.78, 5) is 47.5. The van der Waals surface area contributed by atoms with Gasteiger partial charge in [-0.2, -0.15) is 0 Å². The summed E-state index contributed by atoms with van der Waals surface area (Å²) in [5, 5.41) is 12.6. The van der Waals surface area contributed by atoms with Crippen LogP contribution in [0.2, 0.25) is 0 Å². The number of imidazole rings is 1. The van der Waals surface area contributed by atoms with E-state index in [-0.39, 0.29) is 42.6 Å². The molecule has 8 rings (SSSR count). The van der Waals surface area contributed by atoms with Crippen LogP contribution in [0.5, 0.6) is 0 Å². The average molecular weight is 681 g/mol. The fourth-order valence-electron chi connectivity index (χ4n) is 8.63. The van der Waals surface area contributed by atoms with Crippen LogP contribution in [0.4, 0.5) is 21.6 Å². The molecule has 1 aliphatic carbocycles. The van der Waals surface area contributed by atoms with Crippen molar-refractivity contribution in [3.63, 3.8) is 0 Å². The zero-order valence-corrected chi connectivity index (χ0v) is 28.8. The Bertz CT molecular complexity index is 1920. The monoisotopic (exact) mass is 680 g/mol. The molecular weight excluding hydrogens is 635 g/mol. The molecule has 4 aliphatic rings. The lowest BCUT2D eigenvalue weighted by Gasteiger charge is -2.48. The van der Waals surface area contributed by atoms with E-state index in [1.165, 1.54) is 31.7 Å². The molecule has 2 saturated heterocycles. The molecule has 3 aromatic heterocycles. The molecule has 6 heterocycles. The molecule has 0 unspecified atom stereocenters. The third kappa shape index (κ3) is 5.53. The number of fused-ring (bicyclic) bond motifs is 3. The molecule has 12 heteroatoms. The van der Waals surface area contributed by atoms with Crippen LogP contribution >= 0.6 is 0 Å². The molecule has 262 valence electrons. The summed E-state index contributed by atoms with van der Waals surface area (Å²) in [6.45, 7) is 7.19. The second kappa shape index (κ2) is 13.0. The summed E-state index contributed by atoms with van der Waals surface area (Å²) in [7, 11) is 0. The third-order valence-corrected chi connectivity index (χ3v) is 11.5. The smallest absolute Gasteiger partial charge is 0.238 e. The SMILES string of the molecule is CC(C)n1cnc2cc(-c3ccc4c(c3)N([C@H]3C[C@@H](N5CCCCC5)C3)C(=O)C43CCN(C(=O)CCO)CC3)nc(Nc3ccncc3F)c21. The number of nitrogens with one attached hydrogen (secondary N) is 1. The number of aliphatic hydroxyl groups excluding tert-OH is 1. The maximum atomic E-state index is 14.8. The maximum absolute atomic E-state index is 14.8. The third-order valence-electron chi connectivity index (χ3n) is 11.5. The Morgan fingerprint density at radius 3 is 2.56 bits per heavy atom. The van der Waals surface area contributed by atoms with Crippen LogP contribution < -0.4 is 10.2 Å². The number of hydrogen-bond donors (Lipinski definition) is 2. The first kappa shape index (κ1) is 32.8. The standard InChI is InChI=1S/C38H45FN8O3/c1-24(2)46-23-41-32-21-31(43-36(35(32)46)42-30-8-12-40-22-29(30)39)25-6-7-28-33(18-25)47(27-19-26(20-27)44-13-4-3-5-14-44)37(50)38(28)10-15-45(16-11-38)34(49)9-17-48/h6-8,12,18,21-24,26-27,48H,3-5,9-11,13-17,19-20H2,1-2H3,(H,40,42,43)/t26-,27+. The molecule has 1 spiro atoms. The van der Waals surface area contributed by atoms with Crippen LogP contribution in [0.15, 0.2) is 49.1 Å². The van der Waals surface area contributed by atoms with Crippen molar-refractivity contribution in [2.75, 3.05) is 43.0 Å². The number of aromatic nitrogens is 4. The van der Waals surface area contributed by atoms with Crippen LogP contribution in [-0.2, 0) is 15.0 Å². The molecule has 4 aromatic rings. The van der Waals surface area contributed by atoms with Gasteiger partial charge in [0.25, 0.3) is 0 Å². The summed E-state index contributed by atoms with van der Waals surface area (Å²) < 4.78 is 16.8. The van der Waals surface area contributed by atoms with Crippen molar-refractivity contribution in [1.29, 1.82) is 0 Å². The minimum Gasteiger partial charge on any atom is -0.396 e. The molecule has 1 aromatic carbocycles. The van der Waals surface area contributed by atoms with Crippen LogP contribution in [0.3, 0.4) is 0 Å². The lowest BCUT2D eigenvalue weighted by Crippen LogP contribution is -2.58. The minimum absolute atomic E-state index is 0.0685. The fraction of sp³-hybridized carbons (Fsp3) is 0.500. The summed E-state index contributed by atoms with van der Waals surface area (Å²) in [6, 6.07) is 10.5. The van der Waals surface area contributed by atoms with Crippen molar-refractivity contribution < 1.29 is 19.1 Å². The largest absolute Gasteiger partial charge is 0.396 e. The Hall–Kier alpha value is -4.42. The van der Waals surface area contributed by atoms with Gasteiger partial charge in [0.15, 0.2) is 11.6 Å². The summed E-state index contributed by atoms with van der Waals surface area (Å²) in [5.74, 6) is 0.0755. The number of pyridine rings is 2. The number of piperidine rings is 2. The van der Waals surface area contributed by atoms with Crippen LogP contribution in [0, 0.1) is 5.82 Å². The number of rotatable bonds is 8. The number of aliphatic hydroxyl groups is 1. The first-order valence-corrected chi connectivity index (χ1v) is 18.1. The Morgan fingerprint density at radius 1 is 1.06 bits per heavy atom. The summed E-state index contributed by atoms with van der Waals surface area (Å²) in [5.41, 5.74) is 4.54. The number of anilines is 3. The second-order valence-electron chi connectivity index (χ2n) is 14.7. The first-order chi connectivity index (χ1) is 24.3. The maximum Gasteiger partial charge on any atom is 0.238 e. The topological polar surface area (TPSA) is 120 Å². The van der Waals surface area contributed by atoms with Gasteiger partial charge in [0.2, 0.25) is 11.8 Å². The highest BCUT2D eigenvalue weighted by atomic mass is 19.1. The van der Waals surface area contributed by atoms with Crippen molar-refractivity contribution >= 4 is 40.0 Å². The van der Waals surface area contributed by atoms with E-state index in [0.29, 0.717) is 43.5 Å². The number of halogens is 1. The quantitative estimate of drug-likeness (QED) is 0.248. The Balaban J connectivity index is 1.18. The van der Waals surface area contributed by atoms with Crippen molar-refractivity contribution in [3.8, 4) is 11.3 Å². The zero-order chi connectivity index (χ0) is 34.6. The second-order valence-corrected chi connectivity index (χ2v) is 14.7. The number of likely N-dealkylation sites (tertiary alicyclic amines) is 2. The molecule has 0 atom stereocenters. The average Bonchev–Trinajstić information content (AvgIpc) is 3.64. The number of amides is 2. The van der Waals surface area contributed by atoms with Crippen LogP contribution in [0.25, 0.3) is 22.3 Å². The van der Waals surface area contributed by atoms with Crippen molar-refractivity contribution in [2.24, 2.45) is 0 Å². The minimum atomic E-state index is -0.695. The van der Waals surface area contributed by atoms with E-state index in [1.807, 2.05) is 16.7 Å². The molecule has 0 bridgehead atoms. The van der Waals surface area contributed by atoms with Gasteiger partial charge < -0.3 is 29.7 Å². The van der Waals surface area contributed by atoms with Gasteiger partial charge in [-0.3, -0.25) is 14.6 Å². The van der Waals surface area contributed by atoms with E-state index >= 15 is 0 Å². The Morgan fingerprint density at radius 2 is 1.84 bits per heavy atom. The van der Waals surface area contributed by atoms with E-state index in [1.54, 1.807) is 17.3 Å². The number of carbonyl (C=O) groups is 2. The molecule has 11 nitrogen and oxygen atoms in total. The van der Waals surface area contributed by atoms with Gasteiger partial charge in [0.1, 0.15) is 5.52 Å². The number of nitrogens with zero attached hydrogens (tertiary/aromatic N) is 7. The highest BCUT2D eigenvalue weighted by Gasteiger charge is 2.55. The van der Waals surface area contributed by atoms with Crippen LogP contribution in [-0.4, -0.2) is 91.1 Å². The molecule has 2 amide bonds. The number of hydrogen-bond acceptors (Lipinski definition) is 8. The normalized spacial score (nSPS) is 22.0. The zero-order valence-electron chi connectivity index (χ0n) is 28.8. The van der Waals surface area contributed by atoms with E-state index in [9.17, 15) is 19.1 Å². The highest BCUT2D eigenvalue weighted by Crippen LogP contribution is 2.52. The van der Waals surface area contributed by atoms with Gasteiger partial charge in [-0.15, -0.1) is 0 Å². The van der Waals surface area contributed by atoms with Gasteiger partial charge in [0, 0.05) is 55.1 Å². The molecule has 3 aliphatic heterocycles. The highest BCUT2D eigenvalue weighted by molar-refractivity contribution is 6.09. The van der Waals surface area contributed by atoms with Gasteiger partial charge in [0.05, 0.1) is 41.4 Å². The fourth-order valence-corrected chi connectivity index (χ4v) is 8.63. The number of benzene rings is 1. The number of carbonyl (C=O) groups excluding carboxylic acids is 2. The van der Waals surface area contributed by atoms with Gasteiger partial charge in [-0.05, 0) is 89.2 Å². The molecule has 3 fully saturated rings. The molecular formula is C38H45FN8O3. The molecule has 1 saturated carbocycles. The van der Waals surface area contributed by atoms with E-state index in [4.69, 9.17) is 9.97 Å². The summed E-state index contributed by atoms with van der Waals surface area (Å²) in [6.07, 6.45) is 11.4. The van der Waals surface area contributed by atoms with Gasteiger partial charge in [-0.1, -0.05) is 18.6 Å². The predicted molar refractivity (Wildman–Crippen MR) is 190 cm³/mol. The Kier molecular flexibility index (Phi) is 8.54. The lowest BCUT2D eigenvalue weighted by atomic mass is 9.73. The van der Waals surface area contributed by atoms with E-state index in [2.05, 4.69) is 46.1 Å². The van der Waals surface area contributed by atoms with E-state index in [0.717, 1.165) is 53.8 Å². The van der Waals surface area contributed by atoms with Crippen LogP contribution in [0.1, 0.15) is 76.8 Å². The first-order valence-electron chi connectivity index (χ1n) is 18.1.